The summed E-state index contributed by atoms with van der Waals surface area (Å²) >= 11 is 3.46. The van der Waals surface area contributed by atoms with Crippen molar-refractivity contribution in [1.29, 1.82) is 0 Å². The molecule has 0 aromatic heterocycles. The van der Waals surface area contributed by atoms with Crippen LogP contribution >= 0.6 is 15.9 Å². The molecule has 0 bridgehead atoms. The number of hydrogen-bond acceptors (Lipinski definition) is 3. The van der Waals surface area contributed by atoms with Gasteiger partial charge < -0.3 is 15.7 Å². The van der Waals surface area contributed by atoms with Crippen LogP contribution in [0.1, 0.15) is 25.3 Å². The second-order valence-corrected chi connectivity index (χ2v) is 6.02. The Hall–Kier alpha value is -1.07. The summed E-state index contributed by atoms with van der Waals surface area (Å²) in [7, 11) is 0. The van der Waals surface area contributed by atoms with Gasteiger partial charge in [-0.05, 0) is 31.9 Å². The highest BCUT2D eigenvalue weighted by atomic mass is 79.9. The summed E-state index contributed by atoms with van der Waals surface area (Å²) in [6, 6.07) is 6.15. The Kier molecular flexibility index (Phi) is 4.47. The molecule has 2 rings (SSSR count). The summed E-state index contributed by atoms with van der Waals surface area (Å²) in [5, 5.41) is 9.47. The lowest BCUT2D eigenvalue weighted by atomic mass is 9.92. The van der Waals surface area contributed by atoms with Crippen molar-refractivity contribution in [3.8, 4) is 0 Å². The fourth-order valence-corrected chi connectivity index (χ4v) is 2.96. The van der Waals surface area contributed by atoms with Crippen LogP contribution in [0.15, 0.2) is 22.7 Å². The van der Waals surface area contributed by atoms with Gasteiger partial charge in [-0.25, -0.2) is 0 Å². The number of carbonyl (C=O) groups excluding carboxylic acids is 1. The van der Waals surface area contributed by atoms with Crippen LogP contribution in [-0.2, 0) is 11.4 Å². The molecule has 1 amide bonds. The second kappa shape index (κ2) is 5.92. The molecular weight excluding hydrogens is 308 g/mol. The fraction of sp³-hybridized carbons (Fsp3) is 0.500. The van der Waals surface area contributed by atoms with Gasteiger partial charge >= 0.3 is 0 Å². The Morgan fingerprint density at radius 1 is 1.53 bits per heavy atom. The van der Waals surface area contributed by atoms with Gasteiger partial charge in [-0.1, -0.05) is 22.0 Å². The van der Waals surface area contributed by atoms with Gasteiger partial charge in [0.25, 0.3) is 0 Å². The van der Waals surface area contributed by atoms with E-state index in [4.69, 9.17) is 5.73 Å². The molecule has 1 aromatic carbocycles. The number of halogens is 1. The lowest BCUT2D eigenvalue weighted by Gasteiger charge is -2.39. The summed E-state index contributed by atoms with van der Waals surface area (Å²) in [5.41, 5.74) is 7.29. The van der Waals surface area contributed by atoms with Crippen LogP contribution in [-0.4, -0.2) is 23.6 Å². The number of hydrogen-bond donors (Lipinski definition) is 2. The minimum atomic E-state index is -0.238. The number of nitrogens with two attached hydrogens (primary N) is 1. The van der Waals surface area contributed by atoms with Crippen LogP contribution in [0.3, 0.4) is 0 Å². The summed E-state index contributed by atoms with van der Waals surface area (Å²) in [6.45, 7) is 2.76. The molecule has 2 atom stereocenters. The maximum atomic E-state index is 11.4. The smallest absolute Gasteiger partial charge is 0.222 e. The molecule has 0 saturated carbocycles. The van der Waals surface area contributed by atoms with Crippen molar-refractivity contribution in [2.45, 2.75) is 32.4 Å². The van der Waals surface area contributed by atoms with E-state index in [1.165, 1.54) is 0 Å². The third-order valence-corrected chi connectivity index (χ3v) is 4.30. The van der Waals surface area contributed by atoms with Crippen molar-refractivity contribution in [1.82, 2.24) is 0 Å². The number of piperidine rings is 1. The molecule has 2 unspecified atom stereocenters. The highest BCUT2D eigenvalue weighted by Crippen LogP contribution is 2.32. The lowest BCUT2D eigenvalue weighted by Crippen LogP contribution is -2.46. The zero-order valence-corrected chi connectivity index (χ0v) is 12.6. The van der Waals surface area contributed by atoms with E-state index < -0.39 is 0 Å². The minimum absolute atomic E-state index is 0.00687. The monoisotopic (exact) mass is 326 g/mol. The van der Waals surface area contributed by atoms with E-state index in [9.17, 15) is 9.90 Å². The van der Waals surface area contributed by atoms with Gasteiger partial charge in [0.15, 0.2) is 0 Å². The molecule has 0 spiro atoms. The van der Waals surface area contributed by atoms with Gasteiger partial charge in [-0.2, -0.15) is 0 Å². The number of rotatable bonds is 3. The van der Waals surface area contributed by atoms with Gasteiger partial charge in [-0.3, -0.25) is 4.79 Å². The molecular formula is C14H19BrN2O2. The van der Waals surface area contributed by atoms with Crippen molar-refractivity contribution in [2.24, 2.45) is 11.7 Å². The topological polar surface area (TPSA) is 66.6 Å². The zero-order valence-electron chi connectivity index (χ0n) is 11.0. The van der Waals surface area contributed by atoms with E-state index >= 15 is 0 Å². The maximum Gasteiger partial charge on any atom is 0.222 e. The first kappa shape index (κ1) is 14.3. The van der Waals surface area contributed by atoms with Gasteiger partial charge in [0.05, 0.1) is 12.5 Å². The van der Waals surface area contributed by atoms with Crippen molar-refractivity contribution in [3.05, 3.63) is 28.2 Å². The molecule has 0 aliphatic carbocycles. The standard InChI is InChI=1S/C14H19BrN2O2/c1-9-2-3-10(14(16)19)7-17(9)13-6-12(15)5-4-11(13)8-18/h4-6,9-10,18H,2-3,7-8H2,1H3,(H2,16,19). The average molecular weight is 327 g/mol. The number of nitrogens with zero attached hydrogens (tertiary/aromatic N) is 1. The zero-order chi connectivity index (χ0) is 14.0. The summed E-state index contributed by atoms with van der Waals surface area (Å²) < 4.78 is 0.966. The van der Waals surface area contributed by atoms with E-state index in [0.717, 1.165) is 28.6 Å². The second-order valence-electron chi connectivity index (χ2n) is 5.11. The molecule has 3 N–H and O–H groups in total. The molecule has 5 heteroatoms. The summed E-state index contributed by atoms with van der Waals surface area (Å²) in [5.74, 6) is -0.348. The first-order valence-corrected chi connectivity index (χ1v) is 7.27. The van der Waals surface area contributed by atoms with Crippen LogP contribution in [0.5, 0.6) is 0 Å². The number of benzene rings is 1. The van der Waals surface area contributed by atoms with E-state index in [2.05, 4.69) is 27.8 Å². The molecule has 1 aliphatic rings. The quantitative estimate of drug-likeness (QED) is 0.893. The van der Waals surface area contributed by atoms with Crippen LogP contribution in [0, 0.1) is 5.92 Å². The molecule has 1 aliphatic heterocycles. The van der Waals surface area contributed by atoms with Crippen LogP contribution in [0.4, 0.5) is 5.69 Å². The maximum absolute atomic E-state index is 11.4. The third kappa shape index (κ3) is 3.09. The van der Waals surface area contributed by atoms with Crippen LogP contribution in [0.2, 0.25) is 0 Å². The van der Waals surface area contributed by atoms with E-state index in [0.29, 0.717) is 12.6 Å². The number of amides is 1. The number of aliphatic hydroxyl groups excluding tert-OH is 1. The highest BCUT2D eigenvalue weighted by molar-refractivity contribution is 9.10. The van der Waals surface area contributed by atoms with E-state index in [1.54, 1.807) is 0 Å². The van der Waals surface area contributed by atoms with Gasteiger partial charge in [0.2, 0.25) is 5.91 Å². The molecule has 104 valence electrons. The molecule has 19 heavy (non-hydrogen) atoms. The first-order valence-electron chi connectivity index (χ1n) is 6.48. The Bertz CT molecular complexity index is 479. The molecule has 1 fully saturated rings. The number of anilines is 1. The van der Waals surface area contributed by atoms with Gasteiger partial charge in [-0.15, -0.1) is 0 Å². The Balaban J connectivity index is 2.32. The number of primary amides is 1. The van der Waals surface area contributed by atoms with Crippen molar-refractivity contribution in [3.63, 3.8) is 0 Å². The molecule has 1 heterocycles. The molecule has 0 radical (unpaired) electrons. The molecule has 1 saturated heterocycles. The SMILES string of the molecule is CC1CCC(C(N)=O)CN1c1cc(Br)ccc1CO. The van der Waals surface area contributed by atoms with E-state index in [1.807, 2.05) is 18.2 Å². The first-order chi connectivity index (χ1) is 9.02. The summed E-state index contributed by atoms with van der Waals surface area (Å²) in [6.07, 6.45) is 1.78. The molecule has 4 nitrogen and oxygen atoms in total. The molecule has 1 aromatic rings. The van der Waals surface area contributed by atoms with Crippen molar-refractivity contribution in [2.75, 3.05) is 11.4 Å². The number of carbonyl (C=O) groups is 1. The van der Waals surface area contributed by atoms with Crippen LogP contribution < -0.4 is 10.6 Å². The lowest BCUT2D eigenvalue weighted by molar-refractivity contribution is -0.122. The fourth-order valence-electron chi connectivity index (χ4n) is 2.61. The van der Waals surface area contributed by atoms with Gasteiger partial charge in [0, 0.05) is 28.3 Å². The Labute approximate surface area is 121 Å². The number of aliphatic hydroxyl groups is 1. The third-order valence-electron chi connectivity index (χ3n) is 3.81. The Morgan fingerprint density at radius 2 is 2.26 bits per heavy atom. The average Bonchev–Trinajstić information content (AvgIpc) is 2.39. The largest absolute Gasteiger partial charge is 0.392 e. The van der Waals surface area contributed by atoms with Crippen molar-refractivity contribution < 1.29 is 9.90 Å². The normalized spacial score (nSPS) is 23.4. The minimum Gasteiger partial charge on any atom is -0.392 e. The Morgan fingerprint density at radius 3 is 2.89 bits per heavy atom. The summed E-state index contributed by atoms with van der Waals surface area (Å²) in [4.78, 5) is 13.6. The predicted molar refractivity (Wildman–Crippen MR) is 78.8 cm³/mol. The van der Waals surface area contributed by atoms with Gasteiger partial charge in [0.1, 0.15) is 0 Å². The predicted octanol–water partition coefficient (Wildman–Crippen LogP) is 2.03. The highest BCUT2D eigenvalue weighted by Gasteiger charge is 2.29. The van der Waals surface area contributed by atoms with Crippen LogP contribution in [0.25, 0.3) is 0 Å². The van der Waals surface area contributed by atoms with E-state index in [-0.39, 0.29) is 18.4 Å². The van der Waals surface area contributed by atoms with Crippen molar-refractivity contribution >= 4 is 27.5 Å².